The first-order chi connectivity index (χ1) is 6.76. The Morgan fingerprint density at radius 1 is 1.40 bits per heavy atom. The summed E-state index contributed by atoms with van der Waals surface area (Å²) in [6.07, 6.45) is 0. The molecule has 1 unspecified atom stereocenters. The van der Waals surface area contributed by atoms with Gasteiger partial charge in [0.05, 0.1) is 0 Å². The van der Waals surface area contributed by atoms with Crippen LogP contribution < -0.4 is 5.32 Å². The molecule has 2 heteroatoms. The molecule has 0 aromatic carbocycles. The number of hydrogen-bond donors (Lipinski definition) is 1. The van der Waals surface area contributed by atoms with Gasteiger partial charge in [0.25, 0.3) is 0 Å². The van der Waals surface area contributed by atoms with Crippen molar-refractivity contribution in [3.8, 4) is 0 Å². The molecule has 1 N–H and O–H groups in total. The minimum absolute atomic E-state index is 0.205. The Hall–Kier alpha value is -0.340. The summed E-state index contributed by atoms with van der Waals surface area (Å²) in [4.78, 5) is 2.45. The van der Waals surface area contributed by atoms with Gasteiger partial charge >= 0.3 is 0 Å². The molecule has 15 heavy (non-hydrogen) atoms. The van der Waals surface area contributed by atoms with Gasteiger partial charge < -0.3 is 5.32 Å². The van der Waals surface area contributed by atoms with Crippen LogP contribution in [0.2, 0.25) is 0 Å². The summed E-state index contributed by atoms with van der Waals surface area (Å²) in [5.41, 5.74) is 1.44. The van der Waals surface area contributed by atoms with Gasteiger partial charge in [0, 0.05) is 24.7 Å². The second-order valence-electron chi connectivity index (χ2n) is 5.50. The summed E-state index contributed by atoms with van der Waals surface area (Å²) in [6, 6.07) is 0.561. The maximum Gasteiger partial charge on any atom is 0.0195 e. The van der Waals surface area contributed by atoms with Gasteiger partial charge in [-0.2, -0.15) is 0 Å². The van der Waals surface area contributed by atoms with E-state index >= 15 is 0 Å². The van der Waals surface area contributed by atoms with Crippen molar-refractivity contribution in [1.82, 2.24) is 10.2 Å². The van der Waals surface area contributed by atoms with E-state index in [4.69, 9.17) is 0 Å². The lowest BCUT2D eigenvalue weighted by molar-refractivity contribution is 0.219. The molecule has 0 aliphatic rings. The molecule has 0 aliphatic heterocycles. The van der Waals surface area contributed by atoms with E-state index in [9.17, 15) is 0 Å². The van der Waals surface area contributed by atoms with Gasteiger partial charge in [-0.15, -0.1) is 0 Å². The molecule has 0 rings (SSSR count). The number of hydrogen-bond acceptors (Lipinski definition) is 2. The van der Waals surface area contributed by atoms with E-state index in [0.717, 1.165) is 19.6 Å². The van der Waals surface area contributed by atoms with Crippen LogP contribution in [-0.4, -0.2) is 36.1 Å². The van der Waals surface area contributed by atoms with E-state index in [1.165, 1.54) is 5.57 Å². The zero-order chi connectivity index (χ0) is 12.1. The predicted molar refractivity (Wildman–Crippen MR) is 69.3 cm³/mol. The topological polar surface area (TPSA) is 15.3 Å². The Bertz CT molecular complexity index is 191. The van der Waals surface area contributed by atoms with Gasteiger partial charge in [0.2, 0.25) is 0 Å². The van der Waals surface area contributed by atoms with Gasteiger partial charge in [0.15, 0.2) is 0 Å². The Kier molecular flexibility index (Phi) is 6.15. The van der Waals surface area contributed by atoms with Crippen LogP contribution in [-0.2, 0) is 0 Å². The zero-order valence-corrected chi connectivity index (χ0v) is 11.4. The summed E-state index contributed by atoms with van der Waals surface area (Å²) in [5.74, 6) is 0. The van der Waals surface area contributed by atoms with E-state index in [1.54, 1.807) is 0 Å². The quantitative estimate of drug-likeness (QED) is 0.681. The maximum absolute atomic E-state index is 3.97. The highest BCUT2D eigenvalue weighted by atomic mass is 15.2. The fourth-order valence-electron chi connectivity index (χ4n) is 1.51. The third kappa shape index (κ3) is 7.57. The molecule has 0 aliphatic carbocycles. The summed E-state index contributed by atoms with van der Waals surface area (Å²) < 4.78 is 0. The molecule has 0 saturated carbocycles. The lowest BCUT2D eigenvalue weighted by atomic mass is 10.1. The van der Waals surface area contributed by atoms with Gasteiger partial charge in [-0.3, -0.25) is 4.90 Å². The predicted octanol–water partition coefficient (Wildman–Crippen LogP) is 2.66. The highest BCUT2D eigenvalue weighted by Gasteiger charge is 2.15. The Balaban J connectivity index is 4.04. The molecule has 0 fully saturated rings. The van der Waals surface area contributed by atoms with E-state index in [1.807, 2.05) is 0 Å². The molecule has 0 aromatic rings. The van der Waals surface area contributed by atoms with Crippen molar-refractivity contribution in [1.29, 1.82) is 0 Å². The first-order valence-corrected chi connectivity index (χ1v) is 5.89. The van der Waals surface area contributed by atoms with Gasteiger partial charge in [-0.1, -0.05) is 19.1 Å². The molecule has 0 amide bonds. The van der Waals surface area contributed by atoms with Crippen LogP contribution in [0.25, 0.3) is 0 Å². The summed E-state index contributed by atoms with van der Waals surface area (Å²) in [7, 11) is 0. The molecule has 0 radical (unpaired) electrons. The lowest BCUT2D eigenvalue weighted by Gasteiger charge is -2.31. The van der Waals surface area contributed by atoms with Crippen molar-refractivity contribution in [3.05, 3.63) is 12.2 Å². The molecule has 1 atom stereocenters. The SMILES string of the molecule is C=C(C)CN(CC)C(C)CNC(C)(C)C. The zero-order valence-electron chi connectivity index (χ0n) is 11.4. The monoisotopic (exact) mass is 212 g/mol. The Morgan fingerprint density at radius 3 is 2.27 bits per heavy atom. The van der Waals surface area contributed by atoms with Gasteiger partial charge in [-0.25, -0.2) is 0 Å². The van der Waals surface area contributed by atoms with Crippen LogP contribution >= 0.6 is 0 Å². The number of nitrogens with one attached hydrogen (secondary N) is 1. The Labute approximate surface area is 95.7 Å². The molecule has 90 valence electrons. The minimum Gasteiger partial charge on any atom is -0.311 e. The third-order valence-corrected chi connectivity index (χ3v) is 2.43. The first-order valence-electron chi connectivity index (χ1n) is 5.89. The van der Waals surface area contributed by atoms with Crippen molar-refractivity contribution < 1.29 is 0 Å². The number of rotatable bonds is 6. The highest BCUT2D eigenvalue weighted by molar-refractivity contribution is 4.93. The molecule has 0 spiro atoms. The maximum atomic E-state index is 3.97. The molecular formula is C13H28N2. The van der Waals surface area contributed by atoms with Crippen molar-refractivity contribution in [2.24, 2.45) is 0 Å². The molecular weight excluding hydrogens is 184 g/mol. The van der Waals surface area contributed by atoms with Crippen molar-refractivity contribution in [2.45, 2.75) is 53.1 Å². The smallest absolute Gasteiger partial charge is 0.0195 e. The van der Waals surface area contributed by atoms with Gasteiger partial charge in [0.1, 0.15) is 0 Å². The normalized spacial score (nSPS) is 14.3. The molecule has 0 aromatic heterocycles. The van der Waals surface area contributed by atoms with Crippen LogP contribution in [0.5, 0.6) is 0 Å². The number of likely N-dealkylation sites (N-methyl/N-ethyl adjacent to an activating group) is 1. The van der Waals surface area contributed by atoms with Crippen LogP contribution in [0, 0.1) is 0 Å². The van der Waals surface area contributed by atoms with Crippen LogP contribution in [0.4, 0.5) is 0 Å². The second-order valence-corrected chi connectivity index (χ2v) is 5.50. The molecule has 0 bridgehead atoms. The Morgan fingerprint density at radius 2 is 1.93 bits per heavy atom. The standard InChI is InChI=1S/C13H28N2/c1-8-15(10-11(2)3)12(4)9-14-13(5,6)7/h12,14H,2,8-10H2,1,3-7H3. The van der Waals surface area contributed by atoms with Crippen LogP contribution in [0.3, 0.4) is 0 Å². The summed E-state index contributed by atoms with van der Waals surface area (Å²) in [5, 5.41) is 3.54. The van der Waals surface area contributed by atoms with Gasteiger partial charge in [-0.05, 0) is 41.2 Å². The van der Waals surface area contributed by atoms with Crippen LogP contribution in [0.15, 0.2) is 12.2 Å². The summed E-state index contributed by atoms with van der Waals surface area (Å²) in [6.45, 7) is 20.3. The lowest BCUT2D eigenvalue weighted by Crippen LogP contribution is -2.46. The second kappa shape index (κ2) is 6.29. The minimum atomic E-state index is 0.205. The van der Waals surface area contributed by atoms with Crippen molar-refractivity contribution in [3.63, 3.8) is 0 Å². The fraction of sp³-hybridized carbons (Fsp3) is 0.846. The molecule has 0 heterocycles. The largest absolute Gasteiger partial charge is 0.311 e. The molecule has 0 saturated heterocycles. The summed E-state index contributed by atoms with van der Waals surface area (Å²) >= 11 is 0. The van der Waals surface area contributed by atoms with E-state index in [0.29, 0.717) is 6.04 Å². The fourth-order valence-corrected chi connectivity index (χ4v) is 1.51. The highest BCUT2D eigenvalue weighted by Crippen LogP contribution is 2.04. The van der Waals surface area contributed by atoms with E-state index in [2.05, 4.69) is 58.3 Å². The average molecular weight is 212 g/mol. The van der Waals surface area contributed by atoms with Crippen LogP contribution in [0.1, 0.15) is 41.5 Å². The average Bonchev–Trinajstić information content (AvgIpc) is 2.08. The van der Waals surface area contributed by atoms with E-state index in [-0.39, 0.29) is 5.54 Å². The first kappa shape index (κ1) is 14.7. The number of nitrogens with zero attached hydrogens (tertiary/aromatic N) is 1. The third-order valence-electron chi connectivity index (χ3n) is 2.43. The van der Waals surface area contributed by atoms with Crippen molar-refractivity contribution in [2.75, 3.05) is 19.6 Å². The van der Waals surface area contributed by atoms with Crippen molar-refractivity contribution >= 4 is 0 Å². The van der Waals surface area contributed by atoms with E-state index < -0.39 is 0 Å². The molecule has 2 nitrogen and oxygen atoms in total.